The van der Waals surface area contributed by atoms with Crippen LogP contribution in [0.3, 0.4) is 0 Å². The van der Waals surface area contributed by atoms with E-state index in [0.717, 1.165) is 55.8 Å². The van der Waals surface area contributed by atoms with Gasteiger partial charge in [0.2, 0.25) is 0 Å². The van der Waals surface area contributed by atoms with Crippen molar-refractivity contribution < 1.29 is 9.59 Å². The predicted molar refractivity (Wildman–Crippen MR) is 138 cm³/mol. The molecule has 172 valence electrons. The van der Waals surface area contributed by atoms with Crippen LogP contribution in [0.1, 0.15) is 48.7 Å². The second-order valence-electron chi connectivity index (χ2n) is 9.22. The predicted octanol–water partition coefficient (Wildman–Crippen LogP) is 5.85. The number of aromatic nitrogens is 1. The Morgan fingerprint density at radius 2 is 1.80 bits per heavy atom. The smallest absolute Gasteiger partial charge is 0.267 e. The maximum absolute atomic E-state index is 13.3. The number of primary amides is 1. The van der Waals surface area contributed by atoms with Gasteiger partial charge >= 0.3 is 0 Å². The first-order chi connectivity index (χ1) is 16.8. The van der Waals surface area contributed by atoms with Crippen LogP contribution in [0.2, 0.25) is 5.02 Å². The minimum absolute atomic E-state index is 0.0593. The first kappa shape index (κ1) is 21.6. The Kier molecular flexibility index (Phi) is 4.80. The van der Waals surface area contributed by atoms with Gasteiger partial charge in [0.15, 0.2) is 0 Å². The number of carbonyl (C=O) groups excluding carboxylic acids is 2. The second-order valence-corrected chi connectivity index (χ2v) is 9.65. The van der Waals surface area contributed by atoms with Crippen LogP contribution in [0.4, 0.5) is 5.69 Å². The molecule has 0 unspecified atom stereocenters. The van der Waals surface area contributed by atoms with Gasteiger partial charge < -0.3 is 10.6 Å². The van der Waals surface area contributed by atoms with Crippen molar-refractivity contribution in [3.8, 4) is 22.3 Å². The average molecular weight is 480 g/mol. The maximum atomic E-state index is 13.3. The lowest BCUT2D eigenvalue weighted by atomic mass is 9.91. The molecule has 0 bridgehead atoms. The molecule has 6 heteroatoms. The number of fused-ring (bicyclic) bond motifs is 4. The first-order valence-corrected chi connectivity index (χ1v) is 11.8. The molecule has 4 aromatic rings. The summed E-state index contributed by atoms with van der Waals surface area (Å²) in [6, 6.07) is 17.8. The highest BCUT2D eigenvalue weighted by Gasteiger charge is 2.32. The van der Waals surface area contributed by atoms with Crippen molar-refractivity contribution >= 4 is 29.1 Å². The van der Waals surface area contributed by atoms with Crippen LogP contribution >= 0.6 is 11.6 Å². The van der Waals surface area contributed by atoms with Gasteiger partial charge in [-0.25, -0.2) is 0 Å². The van der Waals surface area contributed by atoms with E-state index in [9.17, 15) is 9.59 Å². The summed E-state index contributed by atoms with van der Waals surface area (Å²) in [7, 11) is 0. The highest BCUT2D eigenvalue weighted by Crippen LogP contribution is 2.46. The fourth-order valence-electron chi connectivity index (χ4n) is 5.43. The maximum Gasteiger partial charge on any atom is 0.267 e. The van der Waals surface area contributed by atoms with E-state index in [-0.39, 0.29) is 5.91 Å². The van der Waals surface area contributed by atoms with Crippen molar-refractivity contribution in [3.63, 3.8) is 0 Å². The fourth-order valence-corrected chi connectivity index (χ4v) is 5.60. The summed E-state index contributed by atoms with van der Waals surface area (Å²) in [4.78, 5) is 31.7. The standard InChI is InChI=1S/C29H22ClN3O2/c1-15-6-9-21-18(10-15)11-23-26(21)24(13-32-27(23)28(31)34)20-4-3-5-25(16(20)2)33-14-17-7-8-19(30)12-22(17)29(33)35/h3-10,12-13H,11,14H2,1-2H3,(H2,31,34). The van der Waals surface area contributed by atoms with Gasteiger partial charge in [-0.1, -0.05) is 53.6 Å². The number of hydrogen-bond donors (Lipinski definition) is 1. The Balaban J connectivity index is 1.52. The molecule has 6 rings (SSSR count). The summed E-state index contributed by atoms with van der Waals surface area (Å²) >= 11 is 6.15. The molecule has 1 aliphatic carbocycles. The molecule has 2 heterocycles. The number of amides is 2. The lowest BCUT2D eigenvalue weighted by Crippen LogP contribution is -2.24. The Morgan fingerprint density at radius 1 is 0.971 bits per heavy atom. The molecule has 0 radical (unpaired) electrons. The van der Waals surface area contributed by atoms with Crippen molar-refractivity contribution in [1.29, 1.82) is 0 Å². The molecule has 2 N–H and O–H groups in total. The van der Waals surface area contributed by atoms with Gasteiger partial charge in [-0.05, 0) is 71.0 Å². The number of anilines is 1. The zero-order valence-corrected chi connectivity index (χ0v) is 20.1. The normalized spacial score (nSPS) is 13.6. The molecule has 2 amide bonds. The monoisotopic (exact) mass is 479 g/mol. The molecular weight excluding hydrogens is 458 g/mol. The molecule has 1 aliphatic heterocycles. The summed E-state index contributed by atoms with van der Waals surface area (Å²) < 4.78 is 0. The number of benzene rings is 3. The number of halogens is 1. The molecule has 35 heavy (non-hydrogen) atoms. The van der Waals surface area contributed by atoms with E-state index in [1.807, 2.05) is 37.3 Å². The Bertz CT molecular complexity index is 1590. The molecule has 0 atom stereocenters. The Morgan fingerprint density at radius 3 is 2.60 bits per heavy atom. The molecule has 0 saturated heterocycles. The molecule has 0 fully saturated rings. The van der Waals surface area contributed by atoms with Crippen LogP contribution in [-0.2, 0) is 13.0 Å². The zero-order chi connectivity index (χ0) is 24.4. The number of aryl methyl sites for hydroxylation is 1. The van der Waals surface area contributed by atoms with E-state index in [0.29, 0.717) is 29.2 Å². The number of pyridine rings is 1. The molecule has 5 nitrogen and oxygen atoms in total. The number of nitrogens with two attached hydrogens (primary N) is 1. The van der Waals surface area contributed by atoms with Gasteiger partial charge in [-0.2, -0.15) is 0 Å². The van der Waals surface area contributed by atoms with Gasteiger partial charge in [0.25, 0.3) is 11.8 Å². The van der Waals surface area contributed by atoms with Crippen molar-refractivity contribution in [2.24, 2.45) is 5.73 Å². The Labute approximate surface area is 208 Å². The summed E-state index contributed by atoms with van der Waals surface area (Å²) in [6.07, 6.45) is 2.35. The summed E-state index contributed by atoms with van der Waals surface area (Å²) in [5.41, 5.74) is 16.6. The van der Waals surface area contributed by atoms with E-state index in [1.165, 1.54) is 0 Å². The topological polar surface area (TPSA) is 76.3 Å². The average Bonchev–Trinajstić information content (AvgIpc) is 3.36. The molecule has 2 aliphatic rings. The van der Waals surface area contributed by atoms with Gasteiger partial charge in [0.05, 0.1) is 6.54 Å². The minimum Gasteiger partial charge on any atom is -0.364 e. The summed E-state index contributed by atoms with van der Waals surface area (Å²) in [5.74, 6) is -0.585. The van der Waals surface area contributed by atoms with Crippen LogP contribution < -0.4 is 10.6 Å². The van der Waals surface area contributed by atoms with Crippen molar-refractivity contribution in [2.45, 2.75) is 26.8 Å². The Hall–Kier alpha value is -3.96. The third-order valence-corrected chi connectivity index (χ3v) is 7.31. The lowest BCUT2D eigenvalue weighted by molar-refractivity contribution is 0.0987. The van der Waals surface area contributed by atoms with E-state index in [2.05, 4.69) is 30.1 Å². The fraction of sp³-hybridized carbons (Fsp3) is 0.138. The molecule has 1 aromatic heterocycles. The largest absolute Gasteiger partial charge is 0.364 e. The number of rotatable bonds is 3. The molecule has 0 saturated carbocycles. The lowest BCUT2D eigenvalue weighted by Gasteiger charge is -2.21. The third kappa shape index (κ3) is 3.27. The van der Waals surface area contributed by atoms with Gasteiger partial charge in [-0.15, -0.1) is 0 Å². The van der Waals surface area contributed by atoms with E-state index < -0.39 is 5.91 Å². The van der Waals surface area contributed by atoms with Crippen LogP contribution in [-0.4, -0.2) is 16.8 Å². The number of carbonyl (C=O) groups is 2. The van der Waals surface area contributed by atoms with Gasteiger partial charge in [0, 0.05) is 34.5 Å². The highest BCUT2D eigenvalue weighted by atomic mass is 35.5. The van der Waals surface area contributed by atoms with Crippen molar-refractivity contribution in [1.82, 2.24) is 4.98 Å². The van der Waals surface area contributed by atoms with Gasteiger partial charge in [0.1, 0.15) is 5.69 Å². The van der Waals surface area contributed by atoms with Crippen LogP contribution in [0, 0.1) is 13.8 Å². The second kappa shape index (κ2) is 7.79. The van der Waals surface area contributed by atoms with Crippen molar-refractivity contribution in [2.75, 3.05) is 4.90 Å². The zero-order valence-electron chi connectivity index (χ0n) is 19.4. The minimum atomic E-state index is -0.526. The van der Waals surface area contributed by atoms with E-state index in [4.69, 9.17) is 17.3 Å². The molecular formula is C29H22ClN3O2. The first-order valence-electron chi connectivity index (χ1n) is 11.5. The molecule has 3 aromatic carbocycles. The van der Waals surface area contributed by atoms with E-state index in [1.54, 1.807) is 17.2 Å². The van der Waals surface area contributed by atoms with E-state index >= 15 is 0 Å². The summed E-state index contributed by atoms with van der Waals surface area (Å²) in [5, 5.41) is 0.550. The van der Waals surface area contributed by atoms with Crippen LogP contribution in [0.25, 0.3) is 22.3 Å². The van der Waals surface area contributed by atoms with Crippen LogP contribution in [0.5, 0.6) is 0 Å². The highest BCUT2D eigenvalue weighted by molar-refractivity contribution is 6.31. The molecule has 0 spiro atoms. The van der Waals surface area contributed by atoms with Crippen molar-refractivity contribution in [3.05, 3.63) is 105 Å². The van der Waals surface area contributed by atoms with Gasteiger partial charge in [-0.3, -0.25) is 14.6 Å². The van der Waals surface area contributed by atoms with Crippen LogP contribution in [0.15, 0.2) is 60.8 Å². The quantitative estimate of drug-likeness (QED) is 0.352. The third-order valence-electron chi connectivity index (χ3n) is 7.07. The number of hydrogen-bond acceptors (Lipinski definition) is 3. The summed E-state index contributed by atoms with van der Waals surface area (Å²) in [6.45, 7) is 4.57. The SMILES string of the molecule is Cc1ccc2c(c1)Cc1c(C(N)=O)ncc(-c3cccc(N4Cc5ccc(Cl)cc5C4=O)c3C)c1-2. The number of nitrogens with zero attached hydrogens (tertiary/aromatic N) is 2.